The van der Waals surface area contributed by atoms with Gasteiger partial charge in [0.05, 0.1) is 0 Å². The van der Waals surface area contributed by atoms with E-state index in [0.717, 1.165) is 30.9 Å². The van der Waals surface area contributed by atoms with Crippen molar-refractivity contribution in [1.29, 1.82) is 0 Å². The van der Waals surface area contributed by atoms with Gasteiger partial charge in [-0.25, -0.2) is 0 Å². The van der Waals surface area contributed by atoms with E-state index in [1.807, 2.05) is 4.90 Å². The number of carbonyl (C=O) groups is 1. The van der Waals surface area contributed by atoms with Crippen molar-refractivity contribution in [3.8, 4) is 0 Å². The highest BCUT2D eigenvalue weighted by Gasteiger charge is 2.29. The average molecular weight is 269 g/mol. The van der Waals surface area contributed by atoms with Gasteiger partial charge in [0.1, 0.15) is 6.04 Å². The van der Waals surface area contributed by atoms with Gasteiger partial charge < -0.3 is 16.0 Å². The Morgan fingerprint density at radius 2 is 1.78 bits per heavy atom. The third-order valence-electron chi connectivity index (χ3n) is 4.02. The van der Waals surface area contributed by atoms with Crippen LogP contribution in [0.25, 0.3) is 0 Å². The zero-order valence-corrected chi connectivity index (χ0v) is 11.7. The fraction of sp³-hybridized carbons (Fsp3) is 0.846. The van der Waals surface area contributed by atoms with Crippen molar-refractivity contribution >= 4 is 23.2 Å². The maximum absolute atomic E-state index is 11.5. The summed E-state index contributed by atoms with van der Waals surface area (Å²) in [7, 11) is 0. The molecule has 1 saturated heterocycles. The third kappa shape index (κ3) is 3.34. The van der Waals surface area contributed by atoms with Crippen molar-refractivity contribution in [3.63, 3.8) is 0 Å². The molecule has 1 aliphatic heterocycles. The van der Waals surface area contributed by atoms with Crippen molar-refractivity contribution in [2.75, 3.05) is 6.54 Å². The largest absolute Gasteiger partial charge is 0.368 e. The molecule has 2 fully saturated rings. The van der Waals surface area contributed by atoms with E-state index < -0.39 is 0 Å². The lowest BCUT2D eigenvalue weighted by Crippen LogP contribution is -2.55. The summed E-state index contributed by atoms with van der Waals surface area (Å²) in [5.41, 5.74) is 5.46. The second-order valence-electron chi connectivity index (χ2n) is 5.39. The van der Waals surface area contributed by atoms with E-state index in [1.54, 1.807) is 0 Å². The second kappa shape index (κ2) is 6.36. The summed E-state index contributed by atoms with van der Waals surface area (Å²) in [5, 5.41) is 4.15. The van der Waals surface area contributed by atoms with Gasteiger partial charge in [0.15, 0.2) is 5.11 Å². The first-order valence-electron chi connectivity index (χ1n) is 7.05. The van der Waals surface area contributed by atoms with Crippen LogP contribution in [0.4, 0.5) is 0 Å². The lowest BCUT2D eigenvalue weighted by atomic mass is 9.95. The van der Waals surface area contributed by atoms with Crippen LogP contribution in [0.15, 0.2) is 0 Å². The van der Waals surface area contributed by atoms with Crippen molar-refractivity contribution < 1.29 is 4.79 Å². The fourth-order valence-corrected chi connectivity index (χ4v) is 3.36. The molecule has 5 heteroatoms. The number of nitrogens with two attached hydrogens (primary N) is 1. The topological polar surface area (TPSA) is 58.4 Å². The number of carbonyl (C=O) groups excluding carboxylic acids is 1. The first kappa shape index (κ1) is 13.6. The molecule has 1 saturated carbocycles. The Hall–Kier alpha value is -0.840. The van der Waals surface area contributed by atoms with Gasteiger partial charge in [0, 0.05) is 12.6 Å². The maximum Gasteiger partial charge on any atom is 0.240 e. The summed E-state index contributed by atoms with van der Waals surface area (Å²) >= 11 is 5.46. The average Bonchev–Trinajstić information content (AvgIpc) is 2.40. The van der Waals surface area contributed by atoms with Crippen LogP contribution in [0.1, 0.15) is 51.4 Å². The molecule has 4 nitrogen and oxygen atoms in total. The molecule has 3 N–H and O–H groups in total. The monoisotopic (exact) mass is 269 g/mol. The number of likely N-dealkylation sites (tertiary alicyclic amines) is 1. The Kier molecular flexibility index (Phi) is 4.80. The molecule has 0 aromatic rings. The molecule has 0 bridgehead atoms. The molecule has 1 aliphatic carbocycles. The van der Waals surface area contributed by atoms with E-state index in [9.17, 15) is 4.79 Å². The molecule has 0 radical (unpaired) electrons. The highest BCUT2D eigenvalue weighted by atomic mass is 32.1. The minimum absolute atomic E-state index is 0.206. The first-order valence-corrected chi connectivity index (χ1v) is 7.46. The van der Waals surface area contributed by atoms with Crippen LogP contribution in [0.2, 0.25) is 0 Å². The van der Waals surface area contributed by atoms with Gasteiger partial charge in [-0.3, -0.25) is 4.79 Å². The normalized spacial score (nSPS) is 25.8. The van der Waals surface area contributed by atoms with Crippen LogP contribution in [-0.2, 0) is 4.79 Å². The van der Waals surface area contributed by atoms with E-state index >= 15 is 0 Å². The Balaban J connectivity index is 1.91. The van der Waals surface area contributed by atoms with E-state index in [2.05, 4.69) is 5.32 Å². The number of rotatable bonds is 2. The molecule has 102 valence electrons. The summed E-state index contributed by atoms with van der Waals surface area (Å²) in [5.74, 6) is -0.248. The number of hydrogen-bond acceptors (Lipinski definition) is 2. The zero-order valence-electron chi connectivity index (χ0n) is 10.9. The van der Waals surface area contributed by atoms with Crippen LogP contribution in [0, 0.1) is 0 Å². The number of hydrogen-bond donors (Lipinski definition) is 2. The molecule has 18 heavy (non-hydrogen) atoms. The van der Waals surface area contributed by atoms with Crippen molar-refractivity contribution in [3.05, 3.63) is 0 Å². The summed E-state index contributed by atoms with van der Waals surface area (Å²) < 4.78 is 0. The molecule has 1 heterocycles. The Labute approximate surface area is 114 Å². The van der Waals surface area contributed by atoms with E-state index in [1.165, 1.54) is 32.1 Å². The van der Waals surface area contributed by atoms with Crippen LogP contribution in [0.3, 0.4) is 0 Å². The first-order chi connectivity index (χ1) is 8.68. The molecule has 0 aromatic heterocycles. The van der Waals surface area contributed by atoms with Crippen LogP contribution < -0.4 is 11.1 Å². The molecule has 1 amide bonds. The summed E-state index contributed by atoms with van der Waals surface area (Å²) in [6, 6.07) is 0.282. The van der Waals surface area contributed by atoms with Gasteiger partial charge in [-0.05, 0) is 44.3 Å². The van der Waals surface area contributed by atoms with Gasteiger partial charge >= 0.3 is 0 Å². The lowest BCUT2D eigenvalue weighted by molar-refractivity contribution is -0.122. The molecular formula is C13H23N3OS. The fourth-order valence-electron chi connectivity index (χ4n) is 2.97. The molecule has 0 unspecified atom stereocenters. The Morgan fingerprint density at radius 3 is 2.44 bits per heavy atom. The predicted octanol–water partition coefficient (Wildman–Crippen LogP) is 1.53. The van der Waals surface area contributed by atoms with E-state index in [-0.39, 0.29) is 11.9 Å². The SMILES string of the molecule is NC(=O)[C@@H]1CCCCN1C(=S)NC1CCCCC1. The standard InChI is InChI=1S/C13H23N3OS/c14-12(17)11-8-4-5-9-16(11)13(18)15-10-6-2-1-3-7-10/h10-11H,1-9H2,(H2,14,17)(H,15,18)/t11-/m0/s1. The highest BCUT2D eigenvalue weighted by molar-refractivity contribution is 7.80. The number of nitrogens with zero attached hydrogens (tertiary/aromatic N) is 1. The molecule has 0 spiro atoms. The van der Waals surface area contributed by atoms with Gasteiger partial charge in [-0.2, -0.15) is 0 Å². The molecule has 0 aromatic carbocycles. The molecule has 1 atom stereocenters. The Bertz CT molecular complexity index is 315. The summed E-state index contributed by atoms with van der Waals surface area (Å²) in [6.07, 6.45) is 9.26. The maximum atomic E-state index is 11.5. The number of amides is 1. The molecule has 2 rings (SSSR count). The molecular weight excluding hydrogens is 246 g/mol. The third-order valence-corrected chi connectivity index (χ3v) is 4.38. The minimum atomic E-state index is -0.248. The van der Waals surface area contributed by atoms with Crippen LogP contribution in [-0.4, -0.2) is 34.5 Å². The van der Waals surface area contributed by atoms with Gasteiger partial charge in [0.25, 0.3) is 0 Å². The summed E-state index contributed by atoms with van der Waals surface area (Å²) in [4.78, 5) is 13.5. The minimum Gasteiger partial charge on any atom is -0.368 e. The number of nitrogens with one attached hydrogen (secondary N) is 1. The second-order valence-corrected chi connectivity index (χ2v) is 5.78. The lowest BCUT2D eigenvalue weighted by Gasteiger charge is -2.37. The van der Waals surface area contributed by atoms with Crippen LogP contribution in [0.5, 0.6) is 0 Å². The smallest absolute Gasteiger partial charge is 0.240 e. The quantitative estimate of drug-likeness (QED) is 0.747. The predicted molar refractivity (Wildman–Crippen MR) is 76.1 cm³/mol. The molecule has 2 aliphatic rings. The van der Waals surface area contributed by atoms with Gasteiger partial charge in [-0.15, -0.1) is 0 Å². The number of primary amides is 1. The van der Waals surface area contributed by atoms with E-state index in [0.29, 0.717) is 6.04 Å². The van der Waals surface area contributed by atoms with Crippen molar-refractivity contribution in [1.82, 2.24) is 10.2 Å². The van der Waals surface area contributed by atoms with Crippen LogP contribution >= 0.6 is 12.2 Å². The highest BCUT2D eigenvalue weighted by Crippen LogP contribution is 2.20. The van der Waals surface area contributed by atoms with Gasteiger partial charge in [0.2, 0.25) is 5.91 Å². The van der Waals surface area contributed by atoms with Crippen molar-refractivity contribution in [2.45, 2.75) is 63.5 Å². The Morgan fingerprint density at radius 1 is 1.11 bits per heavy atom. The van der Waals surface area contributed by atoms with E-state index in [4.69, 9.17) is 18.0 Å². The van der Waals surface area contributed by atoms with Crippen molar-refractivity contribution in [2.24, 2.45) is 5.73 Å². The van der Waals surface area contributed by atoms with Gasteiger partial charge in [-0.1, -0.05) is 19.3 Å². The number of piperidine rings is 1. The zero-order chi connectivity index (χ0) is 13.0. The summed E-state index contributed by atoms with van der Waals surface area (Å²) in [6.45, 7) is 0.853. The number of thiocarbonyl (C=S) groups is 1.